The van der Waals surface area contributed by atoms with Gasteiger partial charge in [0.05, 0.1) is 29.6 Å². The maximum absolute atomic E-state index is 13.4. The minimum Gasteiger partial charge on any atom is -0.465 e. The van der Waals surface area contributed by atoms with Gasteiger partial charge in [0, 0.05) is 42.7 Å². The topological polar surface area (TPSA) is 109 Å². The van der Waals surface area contributed by atoms with E-state index in [9.17, 15) is 19.2 Å². The molecule has 1 N–H and O–H groups in total. The lowest BCUT2D eigenvalue weighted by molar-refractivity contribution is 0.0600. The van der Waals surface area contributed by atoms with Crippen LogP contribution in [0.4, 0.5) is 11.4 Å². The fourth-order valence-electron chi connectivity index (χ4n) is 5.33. The van der Waals surface area contributed by atoms with Crippen molar-refractivity contribution in [3.05, 3.63) is 130 Å². The van der Waals surface area contributed by atoms with Crippen LogP contribution in [-0.4, -0.2) is 56.0 Å². The van der Waals surface area contributed by atoms with Gasteiger partial charge in [-0.25, -0.2) is 9.59 Å². The van der Waals surface area contributed by atoms with Gasteiger partial charge in [0.2, 0.25) is 0 Å². The normalized spacial score (nSPS) is 13.0. The van der Waals surface area contributed by atoms with E-state index in [0.29, 0.717) is 65.3 Å². The number of fused-ring (bicyclic) bond motifs is 1. The zero-order chi connectivity index (χ0) is 30.6. The zero-order valence-electron chi connectivity index (χ0n) is 24.0. The summed E-state index contributed by atoms with van der Waals surface area (Å²) in [6.07, 6.45) is 0. The molecule has 0 atom stereocenters. The standard InChI is InChI=1S/C35H29N3O6/c1-43-34(41)27-15-16-30(37-17-19-38(20-18-37)33(40)25-7-3-2-4-8-25)29(22-27)36-32(39)24-13-11-23(12-14-24)28-21-26-9-5-6-10-31(26)44-35(28)42/h2-16,21-22H,17-20H2,1H3,(H,36,39). The summed E-state index contributed by atoms with van der Waals surface area (Å²) in [5.74, 6) is -0.933. The molecule has 1 aliphatic rings. The number of ether oxygens (including phenoxy) is 1. The van der Waals surface area contributed by atoms with Gasteiger partial charge in [0.15, 0.2) is 0 Å². The molecule has 0 saturated carbocycles. The number of benzene rings is 4. The Bertz CT molecular complexity index is 1910. The third-order valence-corrected chi connectivity index (χ3v) is 7.69. The highest BCUT2D eigenvalue weighted by molar-refractivity contribution is 6.07. The molecule has 44 heavy (non-hydrogen) atoms. The Balaban J connectivity index is 1.21. The van der Waals surface area contributed by atoms with Crippen molar-refractivity contribution < 1.29 is 23.5 Å². The van der Waals surface area contributed by atoms with Crippen molar-refractivity contribution in [2.45, 2.75) is 0 Å². The monoisotopic (exact) mass is 587 g/mol. The quantitative estimate of drug-likeness (QED) is 0.208. The lowest BCUT2D eigenvalue weighted by Crippen LogP contribution is -2.49. The number of piperazine rings is 1. The number of rotatable bonds is 6. The second kappa shape index (κ2) is 12.3. The molecule has 0 spiro atoms. The second-order valence-electron chi connectivity index (χ2n) is 10.4. The molecular formula is C35H29N3O6. The Labute approximate surface area is 253 Å². The molecule has 2 heterocycles. The van der Waals surface area contributed by atoms with E-state index in [1.54, 1.807) is 72.8 Å². The van der Waals surface area contributed by atoms with Crippen LogP contribution in [0, 0.1) is 0 Å². The minimum absolute atomic E-state index is 0.0234. The van der Waals surface area contributed by atoms with Gasteiger partial charge in [0.25, 0.3) is 11.8 Å². The number of methoxy groups -OCH3 is 1. The smallest absolute Gasteiger partial charge is 0.344 e. The maximum Gasteiger partial charge on any atom is 0.344 e. The summed E-state index contributed by atoms with van der Waals surface area (Å²) >= 11 is 0. The number of esters is 1. The maximum atomic E-state index is 13.4. The Morgan fingerprint density at radius 3 is 2.16 bits per heavy atom. The Kier molecular flexibility index (Phi) is 7.92. The molecule has 0 radical (unpaired) electrons. The van der Waals surface area contributed by atoms with E-state index in [4.69, 9.17) is 9.15 Å². The molecule has 220 valence electrons. The highest BCUT2D eigenvalue weighted by Gasteiger charge is 2.25. The van der Waals surface area contributed by atoms with E-state index in [-0.39, 0.29) is 11.8 Å². The van der Waals surface area contributed by atoms with E-state index in [1.807, 2.05) is 35.2 Å². The van der Waals surface area contributed by atoms with Gasteiger partial charge < -0.3 is 24.3 Å². The van der Waals surface area contributed by atoms with Crippen LogP contribution >= 0.6 is 0 Å². The van der Waals surface area contributed by atoms with Gasteiger partial charge in [-0.2, -0.15) is 0 Å². The summed E-state index contributed by atoms with van der Waals surface area (Å²) in [5, 5.41) is 3.75. The molecule has 0 unspecified atom stereocenters. The van der Waals surface area contributed by atoms with Crippen molar-refractivity contribution in [3.63, 3.8) is 0 Å². The molecule has 1 saturated heterocycles. The van der Waals surface area contributed by atoms with Gasteiger partial charge in [-0.1, -0.05) is 48.5 Å². The van der Waals surface area contributed by atoms with Crippen LogP contribution in [0.3, 0.4) is 0 Å². The van der Waals surface area contributed by atoms with Crippen molar-refractivity contribution in [1.82, 2.24) is 4.90 Å². The van der Waals surface area contributed by atoms with E-state index >= 15 is 0 Å². The number of carbonyl (C=O) groups is 3. The van der Waals surface area contributed by atoms with E-state index in [0.717, 1.165) is 11.1 Å². The summed E-state index contributed by atoms with van der Waals surface area (Å²) in [7, 11) is 1.30. The molecule has 0 aliphatic carbocycles. The lowest BCUT2D eigenvalue weighted by atomic mass is 10.0. The highest BCUT2D eigenvalue weighted by atomic mass is 16.5. The second-order valence-corrected chi connectivity index (χ2v) is 10.4. The first kappa shape index (κ1) is 28.4. The van der Waals surface area contributed by atoms with Crippen molar-refractivity contribution in [2.24, 2.45) is 0 Å². The number of hydrogen-bond donors (Lipinski definition) is 1. The number of carbonyl (C=O) groups excluding carboxylic acids is 3. The molecule has 1 aliphatic heterocycles. The van der Waals surface area contributed by atoms with Crippen LogP contribution in [0.1, 0.15) is 31.1 Å². The summed E-state index contributed by atoms with van der Waals surface area (Å²) in [5.41, 5.74) is 3.54. The number of nitrogens with zero attached hydrogens (tertiary/aromatic N) is 2. The minimum atomic E-state index is -0.524. The molecule has 6 rings (SSSR count). The summed E-state index contributed by atoms with van der Waals surface area (Å²) in [6.45, 7) is 2.10. The van der Waals surface area contributed by atoms with Crippen LogP contribution < -0.4 is 15.8 Å². The van der Waals surface area contributed by atoms with Crippen molar-refractivity contribution in [3.8, 4) is 11.1 Å². The highest BCUT2D eigenvalue weighted by Crippen LogP contribution is 2.30. The lowest BCUT2D eigenvalue weighted by Gasteiger charge is -2.37. The largest absolute Gasteiger partial charge is 0.465 e. The van der Waals surface area contributed by atoms with Crippen LogP contribution in [0.15, 0.2) is 112 Å². The fraction of sp³-hybridized carbons (Fsp3) is 0.143. The van der Waals surface area contributed by atoms with E-state index < -0.39 is 11.6 Å². The SMILES string of the molecule is COC(=O)c1ccc(N2CCN(C(=O)c3ccccc3)CC2)c(NC(=O)c2ccc(-c3cc4ccccc4oc3=O)cc2)c1. The third kappa shape index (κ3) is 5.80. The summed E-state index contributed by atoms with van der Waals surface area (Å²) in [4.78, 5) is 55.2. The Morgan fingerprint density at radius 2 is 1.43 bits per heavy atom. The summed E-state index contributed by atoms with van der Waals surface area (Å²) in [6, 6.07) is 29.9. The molecule has 1 aromatic heterocycles. The first-order valence-corrected chi connectivity index (χ1v) is 14.2. The molecule has 4 aromatic carbocycles. The molecule has 9 nitrogen and oxygen atoms in total. The van der Waals surface area contributed by atoms with E-state index in [2.05, 4.69) is 10.2 Å². The molecule has 9 heteroatoms. The molecular weight excluding hydrogens is 558 g/mol. The molecule has 5 aromatic rings. The molecule has 0 bridgehead atoms. The number of para-hydroxylation sites is 1. The number of nitrogens with one attached hydrogen (secondary N) is 1. The first-order chi connectivity index (χ1) is 21.4. The summed E-state index contributed by atoms with van der Waals surface area (Å²) < 4.78 is 10.4. The zero-order valence-corrected chi connectivity index (χ0v) is 24.0. The Hall–Kier alpha value is -5.70. The van der Waals surface area contributed by atoms with Gasteiger partial charge in [-0.15, -0.1) is 0 Å². The Morgan fingerprint density at radius 1 is 0.750 bits per heavy atom. The van der Waals surface area contributed by atoms with Crippen LogP contribution in [-0.2, 0) is 4.74 Å². The van der Waals surface area contributed by atoms with Crippen molar-refractivity contribution in [1.29, 1.82) is 0 Å². The first-order valence-electron chi connectivity index (χ1n) is 14.2. The van der Waals surface area contributed by atoms with Crippen LogP contribution in [0.25, 0.3) is 22.1 Å². The average Bonchev–Trinajstić information content (AvgIpc) is 3.07. The van der Waals surface area contributed by atoms with Gasteiger partial charge in [-0.3, -0.25) is 9.59 Å². The third-order valence-electron chi connectivity index (χ3n) is 7.69. The van der Waals surface area contributed by atoms with Crippen LogP contribution in [0.5, 0.6) is 0 Å². The van der Waals surface area contributed by atoms with Crippen molar-refractivity contribution in [2.75, 3.05) is 43.5 Å². The average molecular weight is 588 g/mol. The predicted molar refractivity (Wildman–Crippen MR) is 168 cm³/mol. The number of hydrogen-bond acceptors (Lipinski definition) is 7. The van der Waals surface area contributed by atoms with E-state index in [1.165, 1.54) is 7.11 Å². The van der Waals surface area contributed by atoms with Gasteiger partial charge in [0.1, 0.15) is 5.58 Å². The molecule has 1 fully saturated rings. The molecule has 2 amide bonds. The van der Waals surface area contributed by atoms with Gasteiger partial charge >= 0.3 is 11.6 Å². The van der Waals surface area contributed by atoms with Crippen LogP contribution in [0.2, 0.25) is 0 Å². The fourth-order valence-corrected chi connectivity index (χ4v) is 5.33. The number of amides is 2. The predicted octanol–water partition coefficient (Wildman–Crippen LogP) is 5.46. The van der Waals surface area contributed by atoms with Crippen molar-refractivity contribution >= 4 is 40.1 Å². The number of anilines is 2. The van der Waals surface area contributed by atoms with Gasteiger partial charge in [-0.05, 0) is 60.2 Å².